The molecular formula is C11H24O4Si2. The summed E-state index contributed by atoms with van der Waals surface area (Å²) in [5.74, 6) is 0.889. The number of rotatable bonds is 4. The maximum absolute atomic E-state index is 9.54. The molecule has 0 aromatic rings. The van der Waals surface area contributed by atoms with E-state index in [0.29, 0.717) is 0 Å². The van der Waals surface area contributed by atoms with Crippen molar-refractivity contribution in [2.75, 3.05) is 14.2 Å². The summed E-state index contributed by atoms with van der Waals surface area (Å²) in [6.07, 6.45) is 5.84. The van der Waals surface area contributed by atoms with Gasteiger partial charge in [-0.15, -0.1) is 0 Å². The smallest absolute Gasteiger partial charge is 0.371 e. The second-order valence-corrected chi connectivity index (χ2v) is 8.46. The maximum Gasteiger partial charge on any atom is 0.371 e. The van der Waals surface area contributed by atoms with E-state index < -0.39 is 18.6 Å². The van der Waals surface area contributed by atoms with E-state index in [-0.39, 0.29) is 5.60 Å². The van der Waals surface area contributed by atoms with Crippen LogP contribution in [0.1, 0.15) is 32.1 Å². The van der Waals surface area contributed by atoms with Crippen LogP contribution >= 0.6 is 0 Å². The number of fused-ring (bicyclic) bond motifs is 2. The predicted octanol–water partition coefficient (Wildman–Crippen LogP) is 1.84. The third-order valence-electron chi connectivity index (χ3n) is 3.57. The fourth-order valence-corrected chi connectivity index (χ4v) is 4.73. The second-order valence-electron chi connectivity index (χ2n) is 4.87. The van der Waals surface area contributed by atoms with Crippen LogP contribution < -0.4 is 0 Å². The molecule has 2 radical (unpaired) electrons. The van der Waals surface area contributed by atoms with Crippen molar-refractivity contribution in [3.05, 3.63) is 0 Å². The fraction of sp³-hybridized carbons (Fsp3) is 1.00. The largest absolute Gasteiger partial charge is 0.413 e. The lowest BCUT2D eigenvalue weighted by Gasteiger charge is -2.17. The molecule has 0 atom stereocenters. The summed E-state index contributed by atoms with van der Waals surface area (Å²) in [6.45, 7) is 3.88. The molecule has 0 aromatic carbocycles. The first kappa shape index (κ1) is 15.3. The lowest BCUT2D eigenvalue weighted by atomic mass is 9.98. The molecule has 0 unspecified atom stereocenters. The molecule has 4 nitrogen and oxygen atoms in total. The highest BCUT2D eigenvalue weighted by Gasteiger charge is 2.42. The van der Waals surface area contributed by atoms with Gasteiger partial charge in [0.2, 0.25) is 0 Å². The van der Waals surface area contributed by atoms with Gasteiger partial charge >= 0.3 is 18.6 Å². The Hall–Kier alpha value is 0.274. The Morgan fingerprint density at radius 2 is 1.53 bits per heavy atom. The average Bonchev–Trinajstić information content (AvgIpc) is 2.87. The quantitative estimate of drug-likeness (QED) is 0.796. The lowest BCUT2D eigenvalue weighted by Crippen LogP contribution is -2.27. The van der Waals surface area contributed by atoms with E-state index in [2.05, 4.69) is 0 Å². The minimum atomic E-state index is -1.02. The number of aliphatic hydroxyl groups is 1. The Kier molecular flexibility index (Phi) is 6.32. The predicted molar refractivity (Wildman–Crippen MR) is 69.9 cm³/mol. The summed E-state index contributed by atoms with van der Waals surface area (Å²) in [7, 11) is 1.26. The van der Waals surface area contributed by atoms with E-state index in [1.54, 1.807) is 14.2 Å². The minimum Gasteiger partial charge on any atom is -0.413 e. The molecule has 0 heterocycles. The summed E-state index contributed by atoms with van der Waals surface area (Å²) in [6, 6.07) is 0. The van der Waals surface area contributed by atoms with E-state index in [9.17, 15) is 5.11 Å². The van der Waals surface area contributed by atoms with E-state index in [1.807, 2.05) is 13.1 Å². The molecule has 0 spiro atoms. The molecular weight excluding hydrogens is 252 g/mol. The van der Waals surface area contributed by atoms with Crippen LogP contribution in [-0.2, 0) is 13.0 Å². The van der Waals surface area contributed by atoms with Crippen LogP contribution in [0.4, 0.5) is 0 Å². The zero-order chi connectivity index (χ0) is 12.9. The van der Waals surface area contributed by atoms with Crippen molar-refractivity contribution < 1.29 is 18.1 Å². The van der Waals surface area contributed by atoms with Gasteiger partial charge in [-0.05, 0) is 51.1 Å². The Balaban J connectivity index is 0.000000170. The van der Waals surface area contributed by atoms with Crippen molar-refractivity contribution in [2.45, 2.75) is 50.8 Å². The molecule has 100 valence electrons. The highest BCUT2D eigenvalue weighted by molar-refractivity contribution is 6.57. The highest BCUT2D eigenvalue weighted by atomic mass is 28.4. The van der Waals surface area contributed by atoms with Crippen molar-refractivity contribution in [1.29, 1.82) is 0 Å². The van der Waals surface area contributed by atoms with Crippen LogP contribution in [0.3, 0.4) is 0 Å². The number of hydrogen-bond donors (Lipinski definition) is 1. The van der Waals surface area contributed by atoms with Crippen LogP contribution in [0, 0.1) is 5.92 Å². The molecule has 2 saturated carbocycles. The van der Waals surface area contributed by atoms with Gasteiger partial charge in [-0.2, -0.15) is 0 Å². The van der Waals surface area contributed by atoms with Crippen molar-refractivity contribution in [1.82, 2.24) is 0 Å². The molecule has 2 aliphatic carbocycles. The van der Waals surface area contributed by atoms with Gasteiger partial charge in [0.05, 0.1) is 5.60 Å². The van der Waals surface area contributed by atoms with Gasteiger partial charge in [0.1, 0.15) is 0 Å². The van der Waals surface area contributed by atoms with Crippen molar-refractivity contribution in [3.8, 4) is 0 Å². The lowest BCUT2D eigenvalue weighted by molar-refractivity contribution is 0.0521. The summed E-state index contributed by atoms with van der Waals surface area (Å²) >= 11 is 0. The molecule has 2 fully saturated rings. The molecule has 1 N–H and O–H groups in total. The van der Waals surface area contributed by atoms with Crippen molar-refractivity contribution in [2.24, 2.45) is 5.92 Å². The summed E-state index contributed by atoms with van der Waals surface area (Å²) in [5, 5.41) is 9.54. The molecule has 0 saturated heterocycles. The zero-order valence-electron chi connectivity index (χ0n) is 11.3. The Morgan fingerprint density at radius 3 is 1.71 bits per heavy atom. The molecule has 17 heavy (non-hydrogen) atoms. The highest BCUT2D eigenvalue weighted by Crippen LogP contribution is 2.47. The Bertz CT molecular complexity index is 212. The Morgan fingerprint density at radius 1 is 1.06 bits per heavy atom. The summed E-state index contributed by atoms with van der Waals surface area (Å²) in [5.41, 5.74) is -0.190. The minimum absolute atomic E-state index is 0.190. The van der Waals surface area contributed by atoms with Crippen LogP contribution in [0.15, 0.2) is 0 Å². The van der Waals surface area contributed by atoms with Gasteiger partial charge in [0.25, 0.3) is 0 Å². The monoisotopic (exact) mass is 276 g/mol. The molecule has 2 rings (SSSR count). The fourth-order valence-electron chi connectivity index (χ4n) is 2.45. The molecule has 2 bridgehead atoms. The standard InChI is InChI=1S/C7H12O.C4H12O3Si2/c8-7-3-1-6(5-7)2-4-7;1-5-8(3)7-9(4)6-2/h6,8H,1-5H2;1-4H3. The molecule has 6 heteroatoms. The average molecular weight is 276 g/mol. The molecule has 0 aromatic heterocycles. The number of hydrogen-bond acceptors (Lipinski definition) is 4. The third-order valence-corrected chi connectivity index (χ3v) is 7.02. The molecule has 0 aliphatic heterocycles. The Labute approximate surface area is 108 Å². The van der Waals surface area contributed by atoms with Gasteiger partial charge in [0, 0.05) is 14.2 Å². The third kappa shape index (κ3) is 5.19. The van der Waals surface area contributed by atoms with Crippen molar-refractivity contribution >= 4 is 18.6 Å². The normalized spacial score (nSPS) is 30.9. The van der Waals surface area contributed by atoms with E-state index in [1.165, 1.54) is 12.8 Å². The first-order valence-electron chi connectivity index (χ1n) is 6.14. The van der Waals surface area contributed by atoms with Crippen LogP contribution in [-0.4, -0.2) is 43.5 Å². The van der Waals surface area contributed by atoms with Gasteiger partial charge in [0.15, 0.2) is 0 Å². The second kappa shape index (κ2) is 7.01. The summed E-state index contributed by atoms with van der Waals surface area (Å²) < 4.78 is 15.2. The topological polar surface area (TPSA) is 47.9 Å². The van der Waals surface area contributed by atoms with Gasteiger partial charge in [-0.1, -0.05) is 0 Å². The molecule has 2 aliphatic rings. The van der Waals surface area contributed by atoms with E-state index in [0.717, 1.165) is 25.2 Å². The van der Waals surface area contributed by atoms with E-state index in [4.69, 9.17) is 13.0 Å². The summed E-state index contributed by atoms with van der Waals surface area (Å²) in [4.78, 5) is 0. The van der Waals surface area contributed by atoms with Gasteiger partial charge in [-0.3, -0.25) is 0 Å². The first-order valence-corrected chi connectivity index (χ1v) is 9.77. The first-order chi connectivity index (χ1) is 7.99. The van der Waals surface area contributed by atoms with Crippen molar-refractivity contribution in [3.63, 3.8) is 0 Å². The van der Waals surface area contributed by atoms with E-state index >= 15 is 0 Å². The zero-order valence-corrected chi connectivity index (χ0v) is 13.3. The SMILES string of the molecule is CO[Si](C)O[Si](C)OC.OC12CCC(CC1)C2. The van der Waals surface area contributed by atoms with Gasteiger partial charge < -0.3 is 18.1 Å². The van der Waals surface area contributed by atoms with Crippen LogP contribution in [0.2, 0.25) is 13.1 Å². The van der Waals surface area contributed by atoms with Crippen LogP contribution in [0.25, 0.3) is 0 Å². The maximum atomic E-state index is 9.54. The molecule has 0 amide bonds. The van der Waals surface area contributed by atoms with Crippen LogP contribution in [0.5, 0.6) is 0 Å². The van der Waals surface area contributed by atoms with Gasteiger partial charge in [-0.25, -0.2) is 0 Å².